The molecule has 0 atom stereocenters. The number of amides is 3. The van der Waals surface area contributed by atoms with Crippen LogP contribution in [0, 0.1) is 11.3 Å². The Kier molecular flexibility index (Phi) is 6.27. The van der Waals surface area contributed by atoms with Crippen LogP contribution in [0.5, 0.6) is 0 Å². The van der Waals surface area contributed by atoms with Crippen LogP contribution in [-0.4, -0.2) is 53.5 Å². The minimum Gasteiger partial charge on any atom is -0.369 e. The fraction of sp³-hybridized carbons (Fsp3) is 0.692. The van der Waals surface area contributed by atoms with E-state index in [-0.39, 0.29) is 23.0 Å². The van der Waals surface area contributed by atoms with Crippen molar-refractivity contribution in [2.45, 2.75) is 76.8 Å². The van der Waals surface area contributed by atoms with Crippen LogP contribution < -0.4 is 11.1 Å². The van der Waals surface area contributed by atoms with E-state index >= 15 is 0 Å². The average Bonchev–Trinajstić information content (AvgIpc) is 2.98. The molecule has 4 rings (SSSR count). The molecule has 1 heterocycles. The molecule has 1 aromatic rings. The number of urea groups is 1. The highest BCUT2D eigenvalue weighted by Crippen LogP contribution is 2.48. The van der Waals surface area contributed by atoms with Crippen LogP contribution in [-0.2, 0) is 10.3 Å². The Morgan fingerprint density at radius 2 is 1.81 bits per heavy atom. The Hall–Kier alpha value is -2.08. The zero-order chi connectivity index (χ0) is 23.0. The monoisotopic (exact) mass is 440 g/mol. The van der Waals surface area contributed by atoms with Gasteiger partial charge >= 0.3 is 6.03 Å². The Morgan fingerprint density at radius 1 is 1.16 bits per heavy atom. The van der Waals surface area contributed by atoms with Crippen LogP contribution in [0.15, 0.2) is 30.3 Å². The van der Waals surface area contributed by atoms with E-state index in [2.05, 4.69) is 47.5 Å². The SMILES string of the molecule is CCN[C@]1(c2ccccc2)CC[C@@]2(CC1)CN(CC(C)(C)C(N)=O)C(=O)N2CC1CCC1. The number of carbonyl (C=O) groups is 2. The normalized spacial score (nSPS) is 28.9. The van der Waals surface area contributed by atoms with E-state index in [1.54, 1.807) is 0 Å². The third kappa shape index (κ3) is 4.14. The largest absolute Gasteiger partial charge is 0.369 e. The van der Waals surface area contributed by atoms with Crippen LogP contribution in [0.2, 0.25) is 0 Å². The van der Waals surface area contributed by atoms with Gasteiger partial charge in [-0.05, 0) is 70.4 Å². The Bertz CT molecular complexity index is 825. The summed E-state index contributed by atoms with van der Waals surface area (Å²) in [6, 6.07) is 10.9. The van der Waals surface area contributed by atoms with Crippen LogP contribution in [0.3, 0.4) is 0 Å². The molecule has 1 spiro atoms. The summed E-state index contributed by atoms with van der Waals surface area (Å²) in [6.45, 7) is 8.72. The van der Waals surface area contributed by atoms with Crippen molar-refractivity contribution in [1.29, 1.82) is 0 Å². The quantitative estimate of drug-likeness (QED) is 0.644. The predicted octanol–water partition coefficient (Wildman–Crippen LogP) is 3.85. The van der Waals surface area contributed by atoms with Gasteiger partial charge in [0.05, 0.1) is 11.0 Å². The minimum absolute atomic E-state index is 0.0354. The molecule has 3 N–H and O–H groups in total. The number of primary amides is 1. The Balaban J connectivity index is 1.58. The van der Waals surface area contributed by atoms with Crippen molar-refractivity contribution >= 4 is 11.9 Å². The lowest BCUT2D eigenvalue weighted by molar-refractivity contribution is -0.126. The van der Waals surface area contributed by atoms with Gasteiger partial charge in [0.2, 0.25) is 5.91 Å². The first kappa shape index (κ1) is 23.1. The fourth-order valence-corrected chi connectivity index (χ4v) is 6.00. The smallest absolute Gasteiger partial charge is 0.320 e. The predicted molar refractivity (Wildman–Crippen MR) is 127 cm³/mol. The van der Waals surface area contributed by atoms with Crippen LogP contribution in [0.25, 0.3) is 0 Å². The van der Waals surface area contributed by atoms with Crippen molar-refractivity contribution < 1.29 is 9.59 Å². The third-order valence-corrected chi connectivity index (χ3v) is 8.35. The van der Waals surface area contributed by atoms with Crippen molar-refractivity contribution in [1.82, 2.24) is 15.1 Å². The van der Waals surface area contributed by atoms with Gasteiger partial charge in [0.25, 0.3) is 0 Å². The topological polar surface area (TPSA) is 78.7 Å². The molecule has 0 unspecified atom stereocenters. The highest BCUT2D eigenvalue weighted by molar-refractivity contribution is 5.83. The number of nitrogens with zero attached hydrogens (tertiary/aromatic N) is 2. The lowest BCUT2D eigenvalue weighted by Gasteiger charge is -2.49. The van der Waals surface area contributed by atoms with E-state index in [1.807, 2.05) is 18.7 Å². The summed E-state index contributed by atoms with van der Waals surface area (Å²) in [4.78, 5) is 29.7. The molecule has 6 nitrogen and oxygen atoms in total. The molecule has 2 aliphatic carbocycles. The fourth-order valence-electron chi connectivity index (χ4n) is 6.00. The number of nitrogens with one attached hydrogen (secondary N) is 1. The van der Waals surface area contributed by atoms with Gasteiger partial charge in [0, 0.05) is 25.2 Å². The van der Waals surface area contributed by atoms with Crippen LogP contribution >= 0.6 is 0 Å². The number of hydrogen-bond donors (Lipinski definition) is 2. The van der Waals surface area contributed by atoms with Crippen molar-refractivity contribution in [3.05, 3.63) is 35.9 Å². The highest BCUT2D eigenvalue weighted by atomic mass is 16.2. The molecular formula is C26H40N4O2. The number of nitrogens with two attached hydrogens (primary N) is 1. The molecule has 3 aliphatic rings. The molecular weight excluding hydrogens is 400 g/mol. The molecule has 0 aromatic heterocycles. The summed E-state index contributed by atoms with van der Waals surface area (Å²) in [6.07, 6.45) is 7.67. The standard InChI is InChI=1S/C26H40N4O2/c1-4-28-26(21-11-6-5-7-12-21)15-13-25(14-16-26)19-29(18-24(2,3)22(27)31)23(32)30(25)17-20-9-8-10-20/h5-7,11-12,20,28H,4,8-10,13-19H2,1-3H3,(H2,27,31)/t25-,26-. The third-order valence-electron chi connectivity index (χ3n) is 8.35. The van der Waals surface area contributed by atoms with Gasteiger partial charge in [-0.15, -0.1) is 0 Å². The van der Waals surface area contributed by atoms with E-state index in [0.717, 1.165) is 38.8 Å². The van der Waals surface area contributed by atoms with Crippen LogP contribution in [0.1, 0.15) is 71.3 Å². The minimum atomic E-state index is -0.727. The lowest BCUT2D eigenvalue weighted by atomic mass is 9.68. The van der Waals surface area contributed by atoms with Gasteiger partial charge in [0.15, 0.2) is 0 Å². The zero-order valence-electron chi connectivity index (χ0n) is 20.0. The number of rotatable bonds is 8. The van der Waals surface area contributed by atoms with Gasteiger partial charge in [-0.25, -0.2) is 4.79 Å². The second-order valence-electron chi connectivity index (χ2n) is 11.0. The van der Waals surface area contributed by atoms with E-state index in [0.29, 0.717) is 19.0 Å². The molecule has 3 fully saturated rings. The Labute approximate surface area is 192 Å². The first-order valence-corrected chi connectivity index (χ1v) is 12.4. The molecule has 6 heteroatoms. The van der Waals surface area contributed by atoms with Crippen LogP contribution in [0.4, 0.5) is 4.79 Å². The zero-order valence-corrected chi connectivity index (χ0v) is 20.0. The highest BCUT2D eigenvalue weighted by Gasteiger charge is 2.55. The summed E-state index contributed by atoms with van der Waals surface area (Å²) in [5.74, 6) is 0.269. The molecule has 176 valence electrons. The van der Waals surface area contributed by atoms with Gasteiger partial charge < -0.3 is 20.9 Å². The Morgan fingerprint density at radius 3 is 2.34 bits per heavy atom. The molecule has 1 aliphatic heterocycles. The first-order chi connectivity index (χ1) is 15.2. The van der Waals surface area contributed by atoms with Gasteiger partial charge in [-0.2, -0.15) is 0 Å². The molecule has 0 radical (unpaired) electrons. The molecule has 1 saturated heterocycles. The second kappa shape index (κ2) is 8.69. The molecule has 0 bridgehead atoms. The number of benzene rings is 1. The van der Waals surface area contributed by atoms with Crippen molar-refractivity contribution in [3.8, 4) is 0 Å². The summed E-state index contributed by atoms with van der Waals surface area (Å²) >= 11 is 0. The van der Waals surface area contributed by atoms with E-state index in [9.17, 15) is 9.59 Å². The van der Waals surface area contributed by atoms with Gasteiger partial charge in [0.1, 0.15) is 0 Å². The lowest BCUT2D eigenvalue weighted by Crippen LogP contribution is -2.56. The van der Waals surface area contributed by atoms with Crippen molar-refractivity contribution in [3.63, 3.8) is 0 Å². The molecule has 3 amide bonds. The van der Waals surface area contributed by atoms with Gasteiger partial charge in [-0.3, -0.25) is 4.79 Å². The van der Waals surface area contributed by atoms with E-state index in [4.69, 9.17) is 5.73 Å². The van der Waals surface area contributed by atoms with Crippen molar-refractivity contribution in [2.75, 3.05) is 26.2 Å². The van der Waals surface area contributed by atoms with E-state index in [1.165, 1.54) is 24.8 Å². The first-order valence-electron chi connectivity index (χ1n) is 12.4. The van der Waals surface area contributed by atoms with Gasteiger partial charge in [-0.1, -0.05) is 43.7 Å². The maximum atomic E-state index is 13.6. The maximum absolute atomic E-state index is 13.6. The molecule has 32 heavy (non-hydrogen) atoms. The van der Waals surface area contributed by atoms with E-state index < -0.39 is 5.41 Å². The second-order valence-corrected chi connectivity index (χ2v) is 11.0. The number of hydrogen-bond acceptors (Lipinski definition) is 3. The summed E-state index contributed by atoms with van der Waals surface area (Å²) in [7, 11) is 0. The molecule has 1 aromatic carbocycles. The average molecular weight is 441 g/mol. The summed E-state index contributed by atoms with van der Waals surface area (Å²) in [5.41, 5.74) is 6.08. The maximum Gasteiger partial charge on any atom is 0.320 e. The summed E-state index contributed by atoms with van der Waals surface area (Å²) < 4.78 is 0. The summed E-state index contributed by atoms with van der Waals surface area (Å²) in [5, 5.41) is 3.80. The number of carbonyl (C=O) groups excluding carboxylic acids is 2. The van der Waals surface area contributed by atoms with Crippen molar-refractivity contribution in [2.24, 2.45) is 17.1 Å². The molecule has 2 saturated carbocycles.